The van der Waals surface area contributed by atoms with Crippen LogP contribution in [0.4, 0.5) is 0 Å². The van der Waals surface area contributed by atoms with E-state index in [0.29, 0.717) is 17.3 Å². The lowest BCUT2D eigenvalue weighted by Gasteiger charge is -2.10. The lowest BCUT2D eigenvalue weighted by atomic mass is 10.1. The first-order valence-electron chi connectivity index (χ1n) is 8.63. The predicted octanol–water partition coefficient (Wildman–Crippen LogP) is 2.52. The highest BCUT2D eigenvalue weighted by atomic mass is 32.2. The molecule has 1 aliphatic rings. The maximum Gasteiger partial charge on any atom is 0.344 e. The largest absolute Gasteiger partial charge is 0.376 e. The smallest absolute Gasteiger partial charge is 0.344 e. The summed E-state index contributed by atoms with van der Waals surface area (Å²) in [5.41, 5.74) is 2.25. The number of rotatable bonds is 6. The van der Waals surface area contributed by atoms with Crippen molar-refractivity contribution in [1.82, 2.24) is 19.7 Å². The highest BCUT2D eigenvalue weighted by Gasteiger charge is 2.21. The Labute approximate surface area is 154 Å². The normalized spacial score (nSPS) is 17.2. The van der Waals surface area contributed by atoms with E-state index in [1.807, 2.05) is 31.2 Å². The van der Waals surface area contributed by atoms with Crippen LogP contribution < -0.4 is 5.69 Å². The molecule has 2 N–H and O–H groups in total. The van der Waals surface area contributed by atoms with E-state index in [9.17, 15) is 9.59 Å². The SMILES string of the molecule is Cc1[nH]c2ccccc2c1C(=O)CSc1n[nH]c(=O)n1CC1CCCO1. The summed E-state index contributed by atoms with van der Waals surface area (Å²) in [5.74, 6) is 0.238. The third-order valence-electron chi connectivity index (χ3n) is 4.64. The average Bonchev–Trinajstić information content (AvgIpc) is 3.33. The summed E-state index contributed by atoms with van der Waals surface area (Å²) in [4.78, 5) is 28.0. The number of hydrogen-bond donors (Lipinski definition) is 2. The maximum atomic E-state index is 12.8. The number of thioether (sulfide) groups is 1. The predicted molar refractivity (Wildman–Crippen MR) is 99.9 cm³/mol. The second kappa shape index (κ2) is 7.13. The third kappa shape index (κ3) is 3.22. The number of carbonyl (C=O) groups excluding carboxylic acids is 1. The first-order valence-corrected chi connectivity index (χ1v) is 9.62. The van der Waals surface area contributed by atoms with Crippen LogP contribution in [0.25, 0.3) is 10.9 Å². The molecule has 0 radical (unpaired) electrons. The molecule has 136 valence electrons. The lowest BCUT2D eigenvalue weighted by molar-refractivity contribution is 0.0941. The molecule has 7 nitrogen and oxygen atoms in total. The van der Waals surface area contributed by atoms with E-state index in [-0.39, 0.29) is 23.3 Å². The lowest BCUT2D eigenvalue weighted by Crippen LogP contribution is -2.25. The summed E-state index contributed by atoms with van der Waals surface area (Å²) in [7, 11) is 0. The second-order valence-electron chi connectivity index (χ2n) is 6.44. The fraction of sp³-hybridized carbons (Fsp3) is 0.389. The Bertz CT molecular complexity index is 997. The molecule has 1 saturated heterocycles. The minimum Gasteiger partial charge on any atom is -0.376 e. The number of Topliss-reactive ketones (excluding diaryl/α,β-unsaturated/α-hetero) is 1. The molecule has 26 heavy (non-hydrogen) atoms. The molecule has 1 unspecified atom stereocenters. The minimum atomic E-state index is -0.265. The van der Waals surface area contributed by atoms with Gasteiger partial charge < -0.3 is 9.72 Å². The van der Waals surface area contributed by atoms with Gasteiger partial charge in [0.25, 0.3) is 0 Å². The molecule has 1 fully saturated rings. The standard InChI is InChI=1S/C18H20N4O3S/c1-11-16(13-6-2-3-7-14(13)19-11)15(23)10-26-18-21-20-17(24)22(18)9-12-5-4-8-25-12/h2-3,6-7,12,19H,4-5,8-10H2,1H3,(H,20,24). The first-order chi connectivity index (χ1) is 12.6. The van der Waals surface area contributed by atoms with Crippen molar-refractivity contribution in [2.24, 2.45) is 0 Å². The van der Waals surface area contributed by atoms with Gasteiger partial charge in [0.1, 0.15) is 0 Å². The number of carbonyl (C=O) groups is 1. The van der Waals surface area contributed by atoms with E-state index < -0.39 is 0 Å². The molecule has 2 aromatic heterocycles. The second-order valence-corrected chi connectivity index (χ2v) is 7.38. The van der Waals surface area contributed by atoms with Crippen LogP contribution in [-0.2, 0) is 11.3 Å². The van der Waals surface area contributed by atoms with Gasteiger partial charge in [0, 0.05) is 28.8 Å². The molecule has 0 amide bonds. The number of H-pyrrole nitrogens is 2. The highest BCUT2D eigenvalue weighted by Crippen LogP contribution is 2.25. The monoisotopic (exact) mass is 372 g/mol. The van der Waals surface area contributed by atoms with Gasteiger partial charge in [-0.1, -0.05) is 30.0 Å². The molecule has 3 heterocycles. The van der Waals surface area contributed by atoms with E-state index in [1.165, 1.54) is 11.8 Å². The molecule has 8 heteroatoms. The van der Waals surface area contributed by atoms with Crippen molar-refractivity contribution in [2.45, 2.75) is 37.6 Å². The van der Waals surface area contributed by atoms with E-state index >= 15 is 0 Å². The van der Waals surface area contributed by atoms with Gasteiger partial charge in [0.2, 0.25) is 0 Å². The topological polar surface area (TPSA) is 92.8 Å². The van der Waals surface area contributed by atoms with Crippen LogP contribution in [0.5, 0.6) is 0 Å². The number of aromatic nitrogens is 4. The molecule has 1 atom stereocenters. The Morgan fingerprint density at radius 3 is 3.08 bits per heavy atom. The zero-order chi connectivity index (χ0) is 18.1. The Morgan fingerprint density at radius 2 is 2.27 bits per heavy atom. The average molecular weight is 372 g/mol. The fourth-order valence-electron chi connectivity index (χ4n) is 3.40. The van der Waals surface area contributed by atoms with Crippen molar-refractivity contribution in [3.05, 3.63) is 46.0 Å². The number of para-hydroxylation sites is 1. The zero-order valence-corrected chi connectivity index (χ0v) is 15.3. The summed E-state index contributed by atoms with van der Waals surface area (Å²) in [6.45, 7) is 3.11. The Kier molecular flexibility index (Phi) is 4.69. The zero-order valence-electron chi connectivity index (χ0n) is 14.4. The van der Waals surface area contributed by atoms with Crippen LogP contribution in [-0.4, -0.2) is 44.0 Å². The van der Waals surface area contributed by atoms with Gasteiger partial charge in [0.05, 0.1) is 18.4 Å². The number of aromatic amines is 2. The van der Waals surface area contributed by atoms with Crippen LogP contribution in [0.3, 0.4) is 0 Å². The molecule has 0 spiro atoms. The molecule has 0 saturated carbocycles. The van der Waals surface area contributed by atoms with E-state index in [4.69, 9.17) is 4.74 Å². The quantitative estimate of drug-likeness (QED) is 0.512. The molecule has 0 aliphatic carbocycles. The van der Waals surface area contributed by atoms with Crippen molar-refractivity contribution < 1.29 is 9.53 Å². The van der Waals surface area contributed by atoms with Gasteiger partial charge in [0.15, 0.2) is 10.9 Å². The number of hydrogen-bond acceptors (Lipinski definition) is 5. The van der Waals surface area contributed by atoms with Gasteiger partial charge in [-0.15, -0.1) is 5.10 Å². The molecule has 3 aromatic rings. The van der Waals surface area contributed by atoms with Crippen molar-refractivity contribution in [3.8, 4) is 0 Å². The number of aryl methyl sites for hydroxylation is 1. The Hall–Kier alpha value is -2.32. The fourth-order valence-corrected chi connectivity index (χ4v) is 4.23. The van der Waals surface area contributed by atoms with Gasteiger partial charge in [-0.3, -0.25) is 9.36 Å². The highest BCUT2D eigenvalue weighted by molar-refractivity contribution is 7.99. The van der Waals surface area contributed by atoms with Gasteiger partial charge in [-0.05, 0) is 25.8 Å². The van der Waals surface area contributed by atoms with Gasteiger partial charge in [-0.25, -0.2) is 9.89 Å². The molecule has 0 bridgehead atoms. The van der Waals surface area contributed by atoms with Crippen molar-refractivity contribution in [2.75, 3.05) is 12.4 Å². The molecular weight excluding hydrogens is 352 g/mol. The number of benzene rings is 1. The Balaban J connectivity index is 1.51. The van der Waals surface area contributed by atoms with Gasteiger partial charge >= 0.3 is 5.69 Å². The summed E-state index contributed by atoms with van der Waals surface area (Å²) in [6.07, 6.45) is 1.99. The maximum absolute atomic E-state index is 12.8. The van der Waals surface area contributed by atoms with Crippen LogP contribution in [0.15, 0.2) is 34.2 Å². The van der Waals surface area contributed by atoms with Crippen LogP contribution in [0.1, 0.15) is 28.9 Å². The van der Waals surface area contributed by atoms with Crippen molar-refractivity contribution in [3.63, 3.8) is 0 Å². The third-order valence-corrected chi connectivity index (χ3v) is 5.61. The number of fused-ring (bicyclic) bond motifs is 1. The van der Waals surface area contributed by atoms with E-state index in [2.05, 4.69) is 15.2 Å². The van der Waals surface area contributed by atoms with Crippen LogP contribution in [0.2, 0.25) is 0 Å². The Morgan fingerprint density at radius 1 is 1.42 bits per heavy atom. The van der Waals surface area contributed by atoms with Gasteiger partial charge in [-0.2, -0.15) is 0 Å². The number of nitrogens with zero attached hydrogens (tertiary/aromatic N) is 2. The summed E-state index contributed by atoms with van der Waals surface area (Å²) in [6, 6.07) is 7.76. The number of ketones is 1. The summed E-state index contributed by atoms with van der Waals surface area (Å²) in [5, 5.41) is 7.99. The molecular formula is C18H20N4O3S. The summed E-state index contributed by atoms with van der Waals surface area (Å²) >= 11 is 1.28. The van der Waals surface area contributed by atoms with Crippen LogP contribution >= 0.6 is 11.8 Å². The first kappa shape index (κ1) is 17.1. The van der Waals surface area contributed by atoms with Crippen molar-refractivity contribution in [1.29, 1.82) is 0 Å². The minimum absolute atomic E-state index is 0.0177. The van der Waals surface area contributed by atoms with E-state index in [0.717, 1.165) is 36.0 Å². The molecule has 1 aromatic carbocycles. The molecule has 1 aliphatic heterocycles. The molecule has 4 rings (SSSR count). The number of nitrogens with one attached hydrogen (secondary N) is 2. The van der Waals surface area contributed by atoms with E-state index in [1.54, 1.807) is 4.57 Å². The van der Waals surface area contributed by atoms with Crippen LogP contribution in [0, 0.1) is 6.92 Å². The summed E-state index contributed by atoms with van der Waals surface area (Å²) < 4.78 is 7.17. The van der Waals surface area contributed by atoms with Crippen molar-refractivity contribution >= 4 is 28.4 Å². The number of ether oxygens (including phenoxy) is 1.